The van der Waals surface area contributed by atoms with Crippen molar-refractivity contribution in [1.82, 2.24) is 0 Å². The molecule has 0 radical (unpaired) electrons. The van der Waals surface area contributed by atoms with Gasteiger partial charge in [-0.25, -0.2) is 0 Å². The van der Waals surface area contributed by atoms with Crippen molar-refractivity contribution in [2.24, 2.45) is 5.73 Å². The van der Waals surface area contributed by atoms with Gasteiger partial charge in [-0.1, -0.05) is 36.4 Å². The molecule has 1 unspecified atom stereocenters. The average molecular weight is 349 g/mol. The molecular weight excluding hydrogens is 324 g/mol. The van der Waals surface area contributed by atoms with E-state index in [0.29, 0.717) is 30.9 Å². The SMILES string of the molecule is Cc1ccc(NC(=O)CCC(C)N)c(OCc2ccccc2)c1.Cl. The number of hydrogen-bond acceptors (Lipinski definition) is 3. The van der Waals surface area contributed by atoms with E-state index in [2.05, 4.69) is 5.32 Å². The molecule has 0 aliphatic heterocycles. The molecule has 0 aliphatic carbocycles. The lowest BCUT2D eigenvalue weighted by Gasteiger charge is -2.14. The van der Waals surface area contributed by atoms with Crippen LogP contribution in [0.25, 0.3) is 0 Å². The molecule has 0 fully saturated rings. The van der Waals surface area contributed by atoms with E-state index in [1.807, 2.05) is 62.4 Å². The van der Waals surface area contributed by atoms with Crippen LogP contribution in [0.3, 0.4) is 0 Å². The largest absolute Gasteiger partial charge is 0.487 e. The van der Waals surface area contributed by atoms with Crippen LogP contribution in [0, 0.1) is 6.92 Å². The van der Waals surface area contributed by atoms with Gasteiger partial charge in [-0.05, 0) is 43.5 Å². The van der Waals surface area contributed by atoms with Gasteiger partial charge in [0.05, 0.1) is 5.69 Å². The van der Waals surface area contributed by atoms with Crippen LogP contribution in [-0.2, 0) is 11.4 Å². The Morgan fingerprint density at radius 3 is 2.58 bits per heavy atom. The Morgan fingerprint density at radius 1 is 1.21 bits per heavy atom. The van der Waals surface area contributed by atoms with Crippen LogP contribution in [0.1, 0.15) is 30.9 Å². The molecule has 1 amide bonds. The highest BCUT2D eigenvalue weighted by Gasteiger charge is 2.09. The summed E-state index contributed by atoms with van der Waals surface area (Å²) < 4.78 is 5.89. The molecule has 3 N–H and O–H groups in total. The van der Waals surface area contributed by atoms with E-state index in [9.17, 15) is 4.79 Å². The summed E-state index contributed by atoms with van der Waals surface area (Å²) in [6.45, 7) is 4.36. The Bertz CT molecular complexity index is 645. The maximum absolute atomic E-state index is 12.0. The first kappa shape index (κ1) is 20.0. The van der Waals surface area contributed by atoms with Crippen molar-refractivity contribution in [3.05, 3.63) is 59.7 Å². The molecule has 5 heteroatoms. The molecule has 0 saturated heterocycles. The van der Waals surface area contributed by atoms with Crippen molar-refractivity contribution in [2.45, 2.75) is 39.3 Å². The maximum Gasteiger partial charge on any atom is 0.224 e. The van der Waals surface area contributed by atoms with Gasteiger partial charge in [0.1, 0.15) is 12.4 Å². The molecule has 0 spiro atoms. The average Bonchev–Trinajstić information content (AvgIpc) is 2.54. The summed E-state index contributed by atoms with van der Waals surface area (Å²) in [7, 11) is 0. The number of nitrogens with two attached hydrogens (primary N) is 1. The lowest BCUT2D eigenvalue weighted by atomic mass is 10.1. The zero-order valence-corrected chi connectivity index (χ0v) is 14.9. The van der Waals surface area contributed by atoms with Crippen LogP contribution < -0.4 is 15.8 Å². The number of amides is 1. The van der Waals surface area contributed by atoms with Crippen molar-refractivity contribution in [2.75, 3.05) is 5.32 Å². The van der Waals surface area contributed by atoms with E-state index in [1.54, 1.807) is 0 Å². The Hall–Kier alpha value is -2.04. The topological polar surface area (TPSA) is 64.4 Å². The zero-order chi connectivity index (χ0) is 16.7. The van der Waals surface area contributed by atoms with Gasteiger partial charge in [-0.3, -0.25) is 4.79 Å². The van der Waals surface area contributed by atoms with Gasteiger partial charge in [0, 0.05) is 12.5 Å². The van der Waals surface area contributed by atoms with E-state index in [0.717, 1.165) is 11.1 Å². The van der Waals surface area contributed by atoms with Crippen molar-refractivity contribution in [3.63, 3.8) is 0 Å². The van der Waals surface area contributed by atoms with Crippen LogP contribution in [0.4, 0.5) is 5.69 Å². The number of ether oxygens (including phenoxy) is 1. The first-order valence-electron chi connectivity index (χ1n) is 7.87. The number of nitrogens with one attached hydrogen (secondary N) is 1. The fourth-order valence-corrected chi connectivity index (χ4v) is 2.16. The quantitative estimate of drug-likeness (QED) is 0.793. The first-order chi connectivity index (χ1) is 11.0. The van der Waals surface area contributed by atoms with Crippen LogP contribution in [-0.4, -0.2) is 11.9 Å². The molecule has 0 aliphatic rings. The third-order valence-electron chi connectivity index (χ3n) is 3.48. The van der Waals surface area contributed by atoms with Gasteiger partial charge in [0.25, 0.3) is 0 Å². The predicted molar refractivity (Wildman–Crippen MR) is 101 cm³/mol. The summed E-state index contributed by atoms with van der Waals surface area (Å²) >= 11 is 0. The standard InChI is InChI=1S/C19H24N2O2.ClH/c1-14-8-10-17(21-19(22)11-9-15(2)20)18(12-14)23-13-16-6-4-3-5-7-16;/h3-8,10,12,15H,9,11,13,20H2,1-2H3,(H,21,22);1H. The van der Waals surface area contributed by atoms with Gasteiger partial charge >= 0.3 is 0 Å². The number of carbonyl (C=O) groups is 1. The first-order valence-corrected chi connectivity index (χ1v) is 7.87. The zero-order valence-electron chi connectivity index (χ0n) is 14.1. The molecule has 0 bridgehead atoms. The van der Waals surface area contributed by atoms with E-state index in [1.165, 1.54) is 0 Å². The number of hydrogen-bond donors (Lipinski definition) is 2. The lowest BCUT2D eigenvalue weighted by molar-refractivity contribution is -0.116. The summed E-state index contributed by atoms with van der Waals surface area (Å²) in [6.07, 6.45) is 1.07. The molecule has 2 rings (SSSR count). The minimum Gasteiger partial charge on any atom is -0.487 e. The Balaban J connectivity index is 0.00000288. The molecule has 0 aromatic heterocycles. The van der Waals surface area contributed by atoms with Gasteiger partial charge in [-0.2, -0.15) is 0 Å². The second-order valence-corrected chi connectivity index (χ2v) is 5.84. The van der Waals surface area contributed by atoms with E-state index in [-0.39, 0.29) is 24.4 Å². The van der Waals surface area contributed by atoms with Gasteiger partial charge in [-0.15, -0.1) is 12.4 Å². The van der Waals surface area contributed by atoms with Crippen molar-refractivity contribution < 1.29 is 9.53 Å². The molecule has 2 aromatic rings. The number of rotatable bonds is 7. The predicted octanol–water partition coefficient (Wildman–Crippen LogP) is 4.06. The third-order valence-corrected chi connectivity index (χ3v) is 3.48. The normalized spacial score (nSPS) is 11.3. The van der Waals surface area contributed by atoms with Gasteiger partial charge in [0.15, 0.2) is 0 Å². The molecule has 24 heavy (non-hydrogen) atoms. The minimum atomic E-state index is -0.0456. The minimum absolute atomic E-state index is 0. The maximum atomic E-state index is 12.0. The van der Waals surface area contributed by atoms with E-state index >= 15 is 0 Å². The summed E-state index contributed by atoms with van der Waals surface area (Å²) in [5.74, 6) is 0.638. The monoisotopic (exact) mass is 348 g/mol. The van der Waals surface area contributed by atoms with Crippen LogP contribution in [0.15, 0.2) is 48.5 Å². The van der Waals surface area contributed by atoms with Crippen molar-refractivity contribution in [3.8, 4) is 5.75 Å². The van der Waals surface area contributed by atoms with Crippen molar-refractivity contribution in [1.29, 1.82) is 0 Å². The number of aryl methyl sites for hydroxylation is 1. The number of carbonyl (C=O) groups excluding carboxylic acids is 1. The molecule has 0 heterocycles. The third kappa shape index (κ3) is 6.60. The fraction of sp³-hybridized carbons (Fsp3) is 0.316. The Kier molecular flexibility index (Phi) is 8.30. The summed E-state index contributed by atoms with van der Waals surface area (Å²) in [6, 6.07) is 15.7. The smallest absolute Gasteiger partial charge is 0.224 e. The number of benzene rings is 2. The summed E-state index contributed by atoms with van der Waals surface area (Å²) in [4.78, 5) is 12.0. The van der Waals surface area contributed by atoms with Gasteiger partial charge in [0.2, 0.25) is 5.91 Å². The van der Waals surface area contributed by atoms with E-state index < -0.39 is 0 Å². The Labute approximate surface area is 149 Å². The van der Waals surface area contributed by atoms with Crippen LogP contribution in [0.2, 0.25) is 0 Å². The molecule has 0 saturated carbocycles. The molecule has 130 valence electrons. The number of halogens is 1. The van der Waals surface area contributed by atoms with E-state index in [4.69, 9.17) is 10.5 Å². The summed E-state index contributed by atoms with van der Waals surface area (Å²) in [5.41, 5.74) is 8.56. The highest BCUT2D eigenvalue weighted by Crippen LogP contribution is 2.27. The Morgan fingerprint density at radius 2 is 1.92 bits per heavy atom. The number of anilines is 1. The molecule has 1 atom stereocenters. The molecule has 2 aromatic carbocycles. The highest BCUT2D eigenvalue weighted by molar-refractivity contribution is 5.92. The second kappa shape index (κ2) is 9.96. The fourth-order valence-electron chi connectivity index (χ4n) is 2.16. The highest BCUT2D eigenvalue weighted by atomic mass is 35.5. The van der Waals surface area contributed by atoms with Crippen LogP contribution >= 0.6 is 12.4 Å². The molecular formula is C19H25ClN2O2. The summed E-state index contributed by atoms with van der Waals surface area (Å²) in [5, 5.41) is 2.91. The molecule has 4 nitrogen and oxygen atoms in total. The van der Waals surface area contributed by atoms with Crippen molar-refractivity contribution >= 4 is 24.0 Å². The van der Waals surface area contributed by atoms with Gasteiger partial charge < -0.3 is 15.8 Å². The lowest BCUT2D eigenvalue weighted by Crippen LogP contribution is -2.19. The second-order valence-electron chi connectivity index (χ2n) is 5.84. The van der Waals surface area contributed by atoms with Crippen LogP contribution in [0.5, 0.6) is 5.75 Å².